The van der Waals surface area contributed by atoms with E-state index in [1.165, 1.54) is 0 Å². The van der Waals surface area contributed by atoms with Gasteiger partial charge in [-0.1, -0.05) is 23.7 Å². The number of morpholine rings is 1. The Hall–Kier alpha value is -3.33. The number of aliphatic hydroxyl groups is 1. The molecule has 5 rings (SSSR count). The number of furan rings is 1. The molecule has 0 saturated carbocycles. The van der Waals surface area contributed by atoms with Gasteiger partial charge in [0.1, 0.15) is 17.4 Å². The summed E-state index contributed by atoms with van der Waals surface area (Å²) in [6.45, 7) is 4.85. The highest BCUT2D eigenvalue weighted by Gasteiger charge is 2.27. The topological polar surface area (TPSA) is 92.8 Å². The molecule has 0 radical (unpaired) electrons. The summed E-state index contributed by atoms with van der Waals surface area (Å²) in [5, 5.41) is 14.6. The Balaban J connectivity index is 1.36. The molecule has 1 amide bonds. The highest BCUT2D eigenvalue weighted by Crippen LogP contribution is 2.28. The molecule has 9 heteroatoms. The normalized spacial score (nSPS) is 15.8. The molecule has 3 heterocycles. The summed E-state index contributed by atoms with van der Waals surface area (Å²) >= 11 is 6.04. The van der Waals surface area contributed by atoms with Crippen molar-refractivity contribution < 1.29 is 19.1 Å². The number of carbonyl (C=O) groups excluding carboxylic acids is 1. The van der Waals surface area contributed by atoms with Gasteiger partial charge in [0, 0.05) is 36.2 Å². The molecule has 2 aromatic heterocycles. The number of ether oxygens (including phenoxy) is 1. The van der Waals surface area contributed by atoms with Gasteiger partial charge in [0.15, 0.2) is 5.76 Å². The van der Waals surface area contributed by atoms with Gasteiger partial charge in [0.2, 0.25) is 0 Å². The average molecular weight is 495 g/mol. The highest BCUT2D eigenvalue weighted by molar-refractivity contribution is 6.31. The molecular formula is C26H27ClN4O4. The smallest absolute Gasteiger partial charge is 0.287 e. The fourth-order valence-corrected chi connectivity index (χ4v) is 4.57. The predicted molar refractivity (Wildman–Crippen MR) is 135 cm³/mol. The van der Waals surface area contributed by atoms with Crippen LogP contribution in [0.5, 0.6) is 0 Å². The van der Waals surface area contributed by atoms with Crippen LogP contribution in [0, 0.1) is 0 Å². The van der Waals surface area contributed by atoms with E-state index in [1.54, 1.807) is 37.4 Å². The van der Waals surface area contributed by atoms with E-state index in [2.05, 4.69) is 39.5 Å². The van der Waals surface area contributed by atoms with Crippen LogP contribution in [0.1, 0.15) is 29.3 Å². The number of benzene rings is 2. The van der Waals surface area contributed by atoms with Gasteiger partial charge in [-0.2, -0.15) is 0 Å². The SMILES string of the molecule is CC(O)C(NC(=O)c1cc2cc(Cl)ccc2o1)c1ncc(-c2ccc(N3CCOCC3)cc2)n1C. The fourth-order valence-electron chi connectivity index (χ4n) is 4.38. The van der Waals surface area contributed by atoms with E-state index in [-0.39, 0.29) is 5.76 Å². The van der Waals surface area contributed by atoms with Gasteiger partial charge in [-0.15, -0.1) is 0 Å². The quantitative estimate of drug-likeness (QED) is 0.418. The molecule has 182 valence electrons. The van der Waals surface area contributed by atoms with Gasteiger partial charge < -0.3 is 29.0 Å². The molecule has 4 aromatic rings. The van der Waals surface area contributed by atoms with Crippen molar-refractivity contribution in [2.75, 3.05) is 31.2 Å². The monoisotopic (exact) mass is 494 g/mol. The maximum Gasteiger partial charge on any atom is 0.287 e. The number of nitrogens with zero attached hydrogens (tertiary/aromatic N) is 3. The molecule has 0 aliphatic carbocycles. The number of rotatable bonds is 6. The Morgan fingerprint density at radius 2 is 1.89 bits per heavy atom. The van der Waals surface area contributed by atoms with Crippen LogP contribution in [-0.2, 0) is 11.8 Å². The van der Waals surface area contributed by atoms with Crippen molar-refractivity contribution in [3.63, 3.8) is 0 Å². The van der Waals surface area contributed by atoms with Crippen LogP contribution < -0.4 is 10.2 Å². The maximum atomic E-state index is 13.0. The standard InChI is InChI=1S/C26H27ClN4O4/c1-16(32)24(29-26(33)23-14-18-13-19(27)5-8-22(18)35-23)25-28-15-21(30(25)2)17-3-6-20(7-4-17)31-9-11-34-12-10-31/h3-8,13-16,24,32H,9-12H2,1-2H3,(H,29,33). The molecule has 8 nitrogen and oxygen atoms in total. The van der Waals surface area contributed by atoms with Gasteiger partial charge in [-0.25, -0.2) is 4.98 Å². The van der Waals surface area contributed by atoms with E-state index < -0.39 is 18.1 Å². The number of halogens is 1. The first-order chi connectivity index (χ1) is 16.9. The molecule has 1 aliphatic rings. The molecular weight excluding hydrogens is 468 g/mol. The molecule has 1 fully saturated rings. The van der Waals surface area contributed by atoms with E-state index in [9.17, 15) is 9.90 Å². The molecule has 35 heavy (non-hydrogen) atoms. The Labute approximate surface area is 208 Å². The predicted octanol–water partition coefficient (Wildman–Crippen LogP) is 4.18. The highest BCUT2D eigenvalue weighted by atomic mass is 35.5. The van der Waals surface area contributed by atoms with Crippen molar-refractivity contribution in [3.05, 3.63) is 71.3 Å². The lowest BCUT2D eigenvalue weighted by molar-refractivity contribution is 0.0823. The van der Waals surface area contributed by atoms with Gasteiger partial charge in [0.05, 0.1) is 31.2 Å². The van der Waals surface area contributed by atoms with Crippen LogP contribution in [-0.4, -0.2) is 53.0 Å². The number of aliphatic hydroxyl groups excluding tert-OH is 1. The lowest BCUT2D eigenvalue weighted by atomic mass is 10.1. The van der Waals surface area contributed by atoms with E-state index in [0.717, 1.165) is 48.6 Å². The summed E-state index contributed by atoms with van der Waals surface area (Å²) in [4.78, 5) is 19.8. The molecule has 2 atom stereocenters. The van der Waals surface area contributed by atoms with E-state index in [1.807, 2.05) is 11.6 Å². The Morgan fingerprint density at radius 1 is 1.14 bits per heavy atom. The summed E-state index contributed by atoms with van der Waals surface area (Å²) in [5.74, 6) is 0.239. The first-order valence-electron chi connectivity index (χ1n) is 11.5. The minimum Gasteiger partial charge on any atom is -0.451 e. The average Bonchev–Trinajstić information content (AvgIpc) is 3.46. The Bertz CT molecular complexity index is 1340. The zero-order valence-corrected chi connectivity index (χ0v) is 20.3. The van der Waals surface area contributed by atoms with Crippen LogP contribution in [0.25, 0.3) is 22.2 Å². The Morgan fingerprint density at radius 3 is 2.60 bits per heavy atom. The van der Waals surface area contributed by atoms with Crippen LogP contribution in [0.3, 0.4) is 0 Å². The number of hydrogen-bond acceptors (Lipinski definition) is 6. The summed E-state index contributed by atoms with van der Waals surface area (Å²) in [5.41, 5.74) is 3.59. The minimum absolute atomic E-state index is 0.140. The zero-order chi connectivity index (χ0) is 24.5. The largest absolute Gasteiger partial charge is 0.451 e. The number of hydrogen-bond donors (Lipinski definition) is 2. The molecule has 1 saturated heterocycles. The van der Waals surface area contributed by atoms with E-state index >= 15 is 0 Å². The van der Waals surface area contributed by atoms with Crippen LogP contribution >= 0.6 is 11.6 Å². The van der Waals surface area contributed by atoms with E-state index in [0.29, 0.717) is 16.4 Å². The second kappa shape index (κ2) is 9.73. The van der Waals surface area contributed by atoms with Crippen molar-refractivity contribution in [3.8, 4) is 11.3 Å². The third-order valence-electron chi connectivity index (χ3n) is 6.31. The molecule has 2 unspecified atom stereocenters. The molecule has 1 aliphatic heterocycles. The Kier molecular flexibility index (Phi) is 6.51. The summed E-state index contributed by atoms with van der Waals surface area (Å²) in [7, 11) is 1.87. The van der Waals surface area contributed by atoms with Crippen LogP contribution in [0.15, 0.2) is 59.1 Å². The number of nitrogens with one attached hydrogen (secondary N) is 1. The number of carbonyl (C=O) groups is 1. The van der Waals surface area contributed by atoms with Crippen molar-refractivity contribution in [2.24, 2.45) is 7.05 Å². The number of imidazole rings is 1. The van der Waals surface area contributed by atoms with Crippen molar-refractivity contribution in [1.29, 1.82) is 0 Å². The van der Waals surface area contributed by atoms with Crippen molar-refractivity contribution in [1.82, 2.24) is 14.9 Å². The number of aromatic nitrogens is 2. The summed E-state index contributed by atoms with van der Waals surface area (Å²) in [6.07, 6.45) is 0.875. The first kappa shape index (κ1) is 23.4. The second-order valence-electron chi connectivity index (χ2n) is 8.69. The molecule has 0 bridgehead atoms. The zero-order valence-electron chi connectivity index (χ0n) is 19.6. The molecule has 2 N–H and O–H groups in total. The third-order valence-corrected chi connectivity index (χ3v) is 6.55. The van der Waals surface area contributed by atoms with Gasteiger partial charge in [0.25, 0.3) is 5.91 Å². The second-order valence-corrected chi connectivity index (χ2v) is 9.13. The van der Waals surface area contributed by atoms with E-state index in [4.69, 9.17) is 20.8 Å². The fraction of sp³-hybridized carbons (Fsp3) is 0.308. The number of anilines is 1. The lowest BCUT2D eigenvalue weighted by Crippen LogP contribution is -2.36. The maximum absolute atomic E-state index is 13.0. The first-order valence-corrected chi connectivity index (χ1v) is 11.9. The molecule has 2 aromatic carbocycles. The summed E-state index contributed by atoms with van der Waals surface area (Å²) < 4.78 is 13.0. The van der Waals surface area contributed by atoms with Gasteiger partial charge >= 0.3 is 0 Å². The lowest BCUT2D eigenvalue weighted by Gasteiger charge is -2.29. The number of amides is 1. The summed E-state index contributed by atoms with van der Waals surface area (Å²) in [6, 6.07) is 14.4. The number of fused-ring (bicyclic) bond motifs is 1. The van der Waals surface area contributed by atoms with Gasteiger partial charge in [-0.05, 0) is 48.9 Å². The third kappa shape index (κ3) is 4.77. The minimum atomic E-state index is -0.879. The van der Waals surface area contributed by atoms with Gasteiger partial charge in [-0.3, -0.25) is 4.79 Å². The van der Waals surface area contributed by atoms with Crippen molar-refractivity contribution in [2.45, 2.75) is 19.1 Å². The molecule has 0 spiro atoms. The van der Waals surface area contributed by atoms with Crippen LogP contribution in [0.2, 0.25) is 5.02 Å². The van der Waals surface area contributed by atoms with Crippen molar-refractivity contribution >= 4 is 34.2 Å². The van der Waals surface area contributed by atoms with Crippen LogP contribution in [0.4, 0.5) is 5.69 Å².